The highest BCUT2D eigenvalue weighted by Gasteiger charge is 2.39. The van der Waals surface area contributed by atoms with Gasteiger partial charge in [0.15, 0.2) is 11.6 Å². The molecule has 2 aliphatic rings. The third kappa shape index (κ3) is 8.62. The van der Waals surface area contributed by atoms with Gasteiger partial charge in [-0.1, -0.05) is 26.0 Å². The van der Waals surface area contributed by atoms with Gasteiger partial charge in [-0.2, -0.15) is 0 Å². The number of thiazole rings is 1. The summed E-state index contributed by atoms with van der Waals surface area (Å²) >= 11 is 1.51. The van der Waals surface area contributed by atoms with Crippen LogP contribution in [0.25, 0.3) is 4.96 Å². The Labute approximate surface area is 295 Å². The minimum absolute atomic E-state index is 0.00240. The lowest BCUT2D eigenvalue weighted by Crippen LogP contribution is -2.59. The molecule has 2 bridgehead atoms. The summed E-state index contributed by atoms with van der Waals surface area (Å²) in [6, 6.07) is 4.14. The van der Waals surface area contributed by atoms with Crippen molar-refractivity contribution in [3.63, 3.8) is 0 Å². The minimum atomic E-state index is -1.32. The summed E-state index contributed by atoms with van der Waals surface area (Å²) in [6.45, 7) is 7.45. The number of aromatic nitrogens is 2. The van der Waals surface area contributed by atoms with Gasteiger partial charge in [0.1, 0.15) is 23.9 Å². The predicted octanol–water partition coefficient (Wildman–Crippen LogP) is 1.15. The molecule has 1 spiro atoms. The first-order chi connectivity index (χ1) is 23.7. The van der Waals surface area contributed by atoms with Gasteiger partial charge in [-0.15, -0.1) is 11.3 Å². The van der Waals surface area contributed by atoms with Gasteiger partial charge in [0.2, 0.25) is 23.6 Å². The first kappa shape index (κ1) is 36.8. The van der Waals surface area contributed by atoms with Crippen LogP contribution in [-0.2, 0) is 36.8 Å². The number of amides is 5. The molecule has 5 amide bonds. The van der Waals surface area contributed by atoms with Gasteiger partial charge in [-0.3, -0.25) is 28.4 Å². The van der Waals surface area contributed by atoms with E-state index in [0.717, 1.165) is 21.1 Å². The second-order valence-corrected chi connectivity index (χ2v) is 14.7. The number of benzene rings is 1. The molecule has 15 heteroatoms. The molecule has 1 saturated heterocycles. The number of aliphatic hydroxyl groups is 1. The first-order valence-electron chi connectivity index (χ1n) is 17.0. The number of nitrogens with one attached hydrogen (secondary N) is 3. The molecule has 1 aromatic carbocycles. The molecule has 1 fully saturated rings. The van der Waals surface area contributed by atoms with Crippen molar-refractivity contribution in [1.82, 2.24) is 35.1 Å². The molecule has 2 aromatic heterocycles. The lowest BCUT2D eigenvalue weighted by molar-refractivity contribution is -0.144. The van der Waals surface area contributed by atoms with Crippen LogP contribution in [0.2, 0.25) is 0 Å². The number of rotatable bonds is 4. The van der Waals surface area contributed by atoms with Gasteiger partial charge < -0.3 is 35.6 Å². The van der Waals surface area contributed by atoms with Crippen molar-refractivity contribution < 1.29 is 33.8 Å². The molecule has 50 heavy (non-hydrogen) atoms. The number of piperidine rings is 1. The van der Waals surface area contributed by atoms with Crippen LogP contribution in [0.15, 0.2) is 42.0 Å². The number of carbonyl (C=O) groups excluding carboxylic acids is 5. The molecule has 2 aliphatic heterocycles. The molecule has 14 nitrogen and oxygen atoms in total. The monoisotopic (exact) mass is 709 g/mol. The van der Waals surface area contributed by atoms with Crippen molar-refractivity contribution in [3.8, 4) is 5.75 Å². The smallest absolute Gasteiger partial charge is 0.258 e. The third-order valence-electron chi connectivity index (χ3n) is 9.76. The van der Waals surface area contributed by atoms with E-state index in [2.05, 4.69) is 20.9 Å². The van der Waals surface area contributed by atoms with E-state index in [0.29, 0.717) is 44.6 Å². The Balaban J connectivity index is 1.37. The fraction of sp³-hybridized carbons (Fsp3) is 0.543. The van der Waals surface area contributed by atoms with E-state index in [4.69, 9.17) is 4.74 Å². The second kappa shape index (κ2) is 15.6. The van der Waals surface area contributed by atoms with E-state index in [1.165, 1.54) is 32.2 Å². The van der Waals surface area contributed by atoms with Gasteiger partial charge in [-0.05, 0) is 62.1 Å². The molecule has 0 unspecified atom stereocenters. The number of nitrogens with zero attached hydrogens (tertiary/aromatic N) is 4. The van der Waals surface area contributed by atoms with E-state index >= 15 is 0 Å². The molecule has 0 saturated carbocycles. The molecule has 4 atom stereocenters. The van der Waals surface area contributed by atoms with Crippen LogP contribution in [0.1, 0.15) is 51.8 Å². The quantitative estimate of drug-likeness (QED) is 0.312. The van der Waals surface area contributed by atoms with Crippen LogP contribution in [0.5, 0.6) is 5.75 Å². The number of aliphatic hydroxyl groups excluding tert-OH is 1. The lowest BCUT2D eigenvalue weighted by atomic mass is 9.73. The topological polar surface area (TPSA) is 175 Å². The predicted molar refractivity (Wildman–Crippen MR) is 186 cm³/mol. The molecule has 3 aromatic rings. The Kier molecular flexibility index (Phi) is 11.5. The zero-order chi connectivity index (χ0) is 36.2. The highest BCUT2D eigenvalue weighted by atomic mass is 32.1. The maximum absolute atomic E-state index is 13.7. The molecular formula is C35H47N7O7S. The number of fused-ring (bicyclic) bond motifs is 3. The van der Waals surface area contributed by atoms with Gasteiger partial charge in [0.25, 0.3) is 5.91 Å². The summed E-state index contributed by atoms with van der Waals surface area (Å²) in [5.41, 5.74) is 1.23. The maximum Gasteiger partial charge on any atom is 0.258 e. The van der Waals surface area contributed by atoms with Crippen LogP contribution in [-0.4, -0.2) is 111 Å². The lowest BCUT2D eigenvalue weighted by Gasteiger charge is -2.42. The van der Waals surface area contributed by atoms with Gasteiger partial charge in [0.05, 0.1) is 18.2 Å². The van der Waals surface area contributed by atoms with Crippen molar-refractivity contribution in [3.05, 3.63) is 53.3 Å². The Morgan fingerprint density at radius 1 is 1.10 bits per heavy atom. The van der Waals surface area contributed by atoms with Crippen LogP contribution < -0.4 is 20.7 Å². The molecular weight excluding hydrogens is 662 g/mol. The fourth-order valence-electron chi connectivity index (χ4n) is 6.48. The Morgan fingerprint density at radius 2 is 1.84 bits per heavy atom. The number of likely N-dealkylation sites (N-methyl/N-ethyl adjacent to an activating group) is 1. The highest BCUT2D eigenvalue weighted by molar-refractivity contribution is 7.15. The molecule has 4 N–H and O–H groups in total. The first-order valence-corrected chi connectivity index (χ1v) is 17.9. The van der Waals surface area contributed by atoms with E-state index in [1.807, 2.05) is 59.1 Å². The number of hydrogen-bond acceptors (Lipinski definition) is 9. The van der Waals surface area contributed by atoms with Crippen LogP contribution in [0.4, 0.5) is 0 Å². The summed E-state index contributed by atoms with van der Waals surface area (Å²) < 4.78 is 7.70. The largest absolute Gasteiger partial charge is 0.484 e. The van der Waals surface area contributed by atoms with E-state index in [1.54, 1.807) is 6.07 Å². The maximum atomic E-state index is 13.7. The summed E-state index contributed by atoms with van der Waals surface area (Å²) in [7, 11) is 1.40. The average molecular weight is 710 g/mol. The SMILES string of the molecule is CC(C)[C@H]1NC(=O)[C@H](C)N(C)C(=O)[C@H]([C@@H](C)O)NC(=O)COc2cccc(c2)CC2(CCN(C(=O)Cc3cn4ccsc4n3)CC2)CNC1=O. The average Bonchev–Trinajstić information content (AvgIpc) is 3.68. The molecule has 5 rings (SSSR count). The number of imidazole rings is 1. The second-order valence-electron chi connectivity index (χ2n) is 13.9. The summed E-state index contributed by atoms with van der Waals surface area (Å²) in [5.74, 6) is -2.01. The highest BCUT2D eigenvalue weighted by Crippen LogP contribution is 2.36. The van der Waals surface area contributed by atoms with Gasteiger partial charge in [0, 0.05) is 44.5 Å². The van der Waals surface area contributed by atoms with Crippen LogP contribution in [0, 0.1) is 11.3 Å². The van der Waals surface area contributed by atoms with Gasteiger partial charge in [-0.25, -0.2) is 4.98 Å². The van der Waals surface area contributed by atoms with Crippen LogP contribution >= 0.6 is 11.3 Å². The third-order valence-corrected chi connectivity index (χ3v) is 10.5. The Morgan fingerprint density at radius 3 is 2.52 bits per heavy atom. The van der Waals surface area contributed by atoms with Crippen molar-refractivity contribution in [2.45, 2.75) is 77.6 Å². The molecule has 0 aliphatic carbocycles. The number of hydrogen-bond donors (Lipinski definition) is 4. The van der Waals surface area contributed by atoms with E-state index in [9.17, 15) is 29.1 Å². The van der Waals surface area contributed by atoms with E-state index in [-0.39, 0.29) is 24.2 Å². The summed E-state index contributed by atoms with van der Waals surface area (Å²) in [4.78, 5) is 75.0. The standard InChI is InChI=1S/C35H47N7O7S/c1-21(2)29-32(47)36-20-35(9-11-41(12-10-35)28(45)16-25-18-42-13-14-50-34(42)37-25)17-24-7-6-8-26(15-24)49-19-27(44)38-30(23(4)43)33(48)40(5)22(3)31(46)39-29/h6-8,13-15,18,21-23,29-30,43H,9-12,16-17,19-20H2,1-5H3,(H,36,47)(H,38,44)(H,39,46)/t22-,23+,29+,30-/m0/s1. The van der Waals surface area contributed by atoms with Crippen molar-refractivity contribution in [1.29, 1.82) is 0 Å². The summed E-state index contributed by atoms with van der Waals surface area (Å²) in [5, 5.41) is 20.7. The number of carbonyl (C=O) groups is 5. The van der Waals surface area contributed by atoms with E-state index < -0.39 is 54.0 Å². The Bertz CT molecular complexity index is 1680. The van der Waals surface area contributed by atoms with Gasteiger partial charge >= 0.3 is 0 Å². The fourth-order valence-corrected chi connectivity index (χ4v) is 7.20. The number of likely N-dealkylation sites (tertiary alicyclic amines) is 1. The Hall–Kier alpha value is -4.50. The van der Waals surface area contributed by atoms with Crippen molar-refractivity contribution in [2.24, 2.45) is 11.3 Å². The van der Waals surface area contributed by atoms with Crippen molar-refractivity contribution in [2.75, 3.05) is 33.3 Å². The minimum Gasteiger partial charge on any atom is -0.484 e. The molecule has 4 heterocycles. The molecule has 270 valence electrons. The normalized spacial score (nSPS) is 23.4. The molecule has 0 radical (unpaired) electrons. The van der Waals surface area contributed by atoms with Crippen LogP contribution in [0.3, 0.4) is 0 Å². The summed E-state index contributed by atoms with van der Waals surface area (Å²) in [6.07, 6.45) is 4.55. The zero-order valence-corrected chi connectivity index (χ0v) is 30.0. The number of ether oxygens (including phenoxy) is 1. The van der Waals surface area contributed by atoms with Crippen molar-refractivity contribution >= 4 is 45.8 Å². The zero-order valence-electron chi connectivity index (χ0n) is 29.2.